The zero-order chi connectivity index (χ0) is 25.7. The van der Waals surface area contributed by atoms with Gasteiger partial charge < -0.3 is 4.74 Å². The second-order valence-electron chi connectivity index (χ2n) is 12.0. The number of esters is 1. The highest BCUT2D eigenvalue weighted by molar-refractivity contribution is 5.96. The molecule has 0 bridgehead atoms. The van der Waals surface area contributed by atoms with Crippen molar-refractivity contribution in [3.63, 3.8) is 0 Å². The van der Waals surface area contributed by atoms with Gasteiger partial charge in [0.15, 0.2) is 5.78 Å². The van der Waals surface area contributed by atoms with E-state index in [0.717, 1.165) is 51.4 Å². The first kappa shape index (κ1) is 24.9. The zero-order valence-corrected chi connectivity index (χ0v) is 21.6. The van der Waals surface area contributed by atoms with Gasteiger partial charge in [0.2, 0.25) is 0 Å². The maximum Gasteiger partial charge on any atom is 0.302 e. The first-order valence-electron chi connectivity index (χ1n) is 13.4. The molecule has 36 heavy (non-hydrogen) atoms. The van der Waals surface area contributed by atoms with E-state index in [2.05, 4.69) is 19.9 Å². The Kier molecular flexibility index (Phi) is 6.42. The van der Waals surface area contributed by atoms with Crippen LogP contribution in [0.1, 0.15) is 77.7 Å². The number of non-ortho nitro benzene ring substituents is 1. The van der Waals surface area contributed by atoms with Crippen LogP contribution >= 0.6 is 0 Å². The van der Waals surface area contributed by atoms with Gasteiger partial charge in [-0.25, -0.2) is 0 Å². The lowest BCUT2D eigenvalue weighted by molar-refractivity contribution is -0.384. The lowest BCUT2D eigenvalue weighted by Crippen LogP contribution is -2.51. The van der Waals surface area contributed by atoms with Crippen molar-refractivity contribution in [1.82, 2.24) is 0 Å². The van der Waals surface area contributed by atoms with Crippen LogP contribution in [0.4, 0.5) is 5.69 Å². The van der Waals surface area contributed by atoms with Crippen molar-refractivity contribution in [2.24, 2.45) is 34.5 Å². The maximum absolute atomic E-state index is 13.4. The van der Waals surface area contributed by atoms with Crippen molar-refractivity contribution in [3.05, 3.63) is 57.7 Å². The number of hydrogen-bond acceptors (Lipinski definition) is 5. The fourth-order valence-corrected chi connectivity index (χ4v) is 8.47. The van der Waals surface area contributed by atoms with Crippen molar-refractivity contribution >= 4 is 23.5 Å². The summed E-state index contributed by atoms with van der Waals surface area (Å²) in [6, 6.07) is 6.43. The minimum absolute atomic E-state index is 0.00191. The predicted molar refractivity (Wildman–Crippen MR) is 138 cm³/mol. The van der Waals surface area contributed by atoms with Crippen molar-refractivity contribution in [2.75, 3.05) is 0 Å². The Morgan fingerprint density at radius 3 is 2.67 bits per heavy atom. The molecular weight excluding hydrogens is 454 g/mol. The third-order valence-corrected chi connectivity index (χ3v) is 10.3. The van der Waals surface area contributed by atoms with Crippen LogP contribution in [-0.2, 0) is 14.3 Å². The molecule has 1 aromatic carbocycles. The molecule has 0 N–H and O–H groups in total. The minimum atomic E-state index is -0.409. The van der Waals surface area contributed by atoms with Crippen LogP contribution in [-0.4, -0.2) is 22.8 Å². The molecule has 3 fully saturated rings. The molecule has 7 atom stereocenters. The van der Waals surface area contributed by atoms with Gasteiger partial charge in [-0.1, -0.05) is 43.7 Å². The van der Waals surface area contributed by atoms with E-state index in [1.807, 2.05) is 0 Å². The number of nitro benzene ring substituents is 1. The number of fused-ring (bicyclic) bond motifs is 5. The van der Waals surface area contributed by atoms with Gasteiger partial charge in [0, 0.05) is 31.4 Å². The third-order valence-electron chi connectivity index (χ3n) is 10.3. The second-order valence-corrected chi connectivity index (χ2v) is 12.0. The summed E-state index contributed by atoms with van der Waals surface area (Å²) in [5, 5.41) is 11.1. The molecule has 0 radical (unpaired) electrons. The number of ketones is 1. The van der Waals surface area contributed by atoms with E-state index in [-0.39, 0.29) is 40.3 Å². The van der Waals surface area contributed by atoms with Gasteiger partial charge in [-0.3, -0.25) is 19.7 Å². The van der Waals surface area contributed by atoms with Gasteiger partial charge in [-0.2, -0.15) is 0 Å². The molecule has 0 saturated heterocycles. The highest BCUT2D eigenvalue weighted by Crippen LogP contribution is 2.66. The minimum Gasteiger partial charge on any atom is -0.462 e. The molecule has 6 nitrogen and oxygen atoms in total. The number of carbonyl (C=O) groups excluding carboxylic acids is 2. The summed E-state index contributed by atoms with van der Waals surface area (Å²) < 4.78 is 5.56. The van der Waals surface area contributed by atoms with Crippen LogP contribution in [0, 0.1) is 44.6 Å². The highest BCUT2D eigenvalue weighted by atomic mass is 16.6. The zero-order valence-electron chi connectivity index (χ0n) is 21.6. The predicted octanol–water partition coefficient (Wildman–Crippen LogP) is 6.69. The number of nitrogens with zero attached hydrogens (tertiary/aromatic N) is 1. The molecule has 0 spiro atoms. The number of nitro groups is 1. The molecule has 4 aliphatic rings. The molecule has 0 heterocycles. The van der Waals surface area contributed by atoms with Crippen molar-refractivity contribution in [2.45, 2.75) is 78.2 Å². The van der Waals surface area contributed by atoms with Gasteiger partial charge in [-0.15, -0.1) is 0 Å². The summed E-state index contributed by atoms with van der Waals surface area (Å²) in [5.74, 6) is 1.75. The molecule has 5 rings (SSSR count). The number of benzene rings is 1. The van der Waals surface area contributed by atoms with E-state index in [1.165, 1.54) is 24.6 Å². The van der Waals surface area contributed by atoms with Crippen LogP contribution in [0.2, 0.25) is 0 Å². The summed E-state index contributed by atoms with van der Waals surface area (Å²) in [6.07, 6.45) is 14.0. The summed E-state index contributed by atoms with van der Waals surface area (Å²) in [5.41, 5.74) is 2.38. The topological polar surface area (TPSA) is 86.5 Å². The van der Waals surface area contributed by atoms with E-state index in [9.17, 15) is 19.7 Å². The van der Waals surface area contributed by atoms with Crippen LogP contribution in [0.5, 0.6) is 0 Å². The number of carbonyl (C=O) groups is 2. The maximum atomic E-state index is 13.4. The van der Waals surface area contributed by atoms with Crippen molar-refractivity contribution < 1.29 is 19.2 Å². The van der Waals surface area contributed by atoms with Gasteiger partial charge in [0.1, 0.15) is 6.10 Å². The Balaban J connectivity index is 1.32. The standard InChI is InChI=1S/C30H37NO5/c1-19(32)36-23-13-15-29(2)21(18-23)8-9-24-25-10-11-27(30(25,3)16-14-26(24)29)28(33)12-7-20-5-4-6-22(17-20)31(34)35/h4-8,12,17,23-27H,9-11,13-16,18H2,1-3H3/b12-7-/t23-,24-,25-,26-,27+,29-,30-/m0/s1. The largest absolute Gasteiger partial charge is 0.462 e. The van der Waals surface area contributed by atoms with E-state index < -0.39 is 4.92 Å². The van der Waals surface area contributed by atoms with E-state index in [0.29, 0.717) is 23.3 Å². The van der Waals surface area contributed by atoms with Gasteiger partial charge in [0.05, 0.1) is 4.92 Å². The molecule has 192 valence electrons. The van der Waals surface area contributed by atoms with Crippen LogP contribution in [0.3, 0.4) is 0 Å². The second kappa shape index (κ2) is 9.28. The van der Waals surface area contributed by atoms with Gasteiger partial charge in [0.25, 0.3) is 5.69 Å². The summed E-state index contributed by atoms with van der Waals surface area (Å²) in [7, 11) is 0. The SMILES string of the molecule is CC(=O)O[C@H]1CC[C@@]2(C)C(=CC[C@H]3[C@@H]4CC[C@H](C(=O)/C=C\c5cccc([N+](=O)[O-])c5)[C@@]4(C)CC[C@@H]32)C1. The van der Waals surface area contributed by atoms with Crippen molar-refractivity contribution in [1.29, 1.82) is 0 Å². The van der Waals surface area contributed by atoms with Crippen LogP contribution < -0.4 is 0 Å². The summed E-state index contributed by atoms with van der Waals surface area (Å²) in [4.78, 5) is 35.6. The average molecular weight is 492 g/mol. The molecule has 4 aliphatic carbocycles. The Bertz CT molecular complexity index is 1140. The normalized spacial score (nSPS) is 37.4. The molecule has 0 unspecified atom stereocenters. The summed E-state index contributed by atoms with van der Waals surface area (Å²) >= 11 is 0. The van der Waals surface area contributed by atoms with Crippen LogP contribution in [0.25, 0.3) is 6.08 Å². The first-order chi connectivity index (χ1) is 17.1. The fourth-order valence-electron chi connectivity index (χ4n) is 8.47. The Morgan fingerprint density at radius 2 is 1.92 bits per heavy atom. The van der Waals surface area contributed by atoms with Gasteiger partial charge >= 0.3 is 5.97 Å². The third kappa shape index (κ3) is 4.22. The first-order valence-corrected chi connectivity index (χ1v) is 13.4. The van der Waals surface area contributed by atoms with Gasteiger partial charge in [-0.05, 0) is 85.2 Å². The smallest absolute Gasteiger partial charge is 0.302 e. The van der Waals surface area contributed by atoms with E-state index in [4.69, 9.17) is 4.74 Å². The quantitative estimate of drug-likeness (QED) is 0.151. The molecule has 0 aliphatic heterocycles. The molecule has 0 amide bonds. The van der Waals surface area contributed by atoms with Crippen molar-refractivity contribution in [3.8, 4) is 0 Å². The molecule has 6 heteroatoms. The highest BCUT2D eigenvalue weighted by Gasteiger charge is 2.59. The molecule has 3 saturated carbocycles. The molecule has 0 aromatic heterocycles. The molecule has 1 aromatic rings. The Hall–Kier alpha value is -2.76. The van der Waals surface area contributed by atoms with E-state index >= 15 is 0 Å². The lowest BCUT2D eigenvalue weighted by atomic mass is 9.47. The van der Waals surface area contributed by atoms with E-state index in [1.54, 1.807) is 24.3 Å². The monoisotopic (exact) mass is 491 g/mol. The number of ether oxygens (including phenoxy) is 1. The molecular formula is C30H37NO5. The average Bonchev–Trinajstić information content (AvgIpc) is 3.20. The Labute approximate surface area is 213 Å². The lowest BCUT2D eigenvalue weighted by Gasteiger charge is -2.58. The number of rotatable bonds is 5. The van der Waals surface area contributed by atoms with Crippen LogP contribution in [0.15, 0.2) is 42.0 Å². The summed E-state index contributed by atoms with van der Waals surface area (Å²) in [6.45, 7) is 6.27. The number of hydrogen-bond donors (Lipinski definition) is 0. The Morgan fingerprint density at radius 1 is 1.11 bits per heavy atom. The number of allylic oxidation sites excluding steroid dienone is 2. The fraction of sp³-hybridized carbons (Fsp3) is 0.600.